The van der Waals surface area contributed by atoms with E-state index in [-0.39, 0.29) is 0 Å². The molecule has 1 nitrogen and oxygen atoms in total. The average molecular weight is 211 g/mol. The lowest BCUT2D eigenvalue weighted by molar-refractivity contribution is 0.0592. The molecule has 0 aromatic carbocycles. The summed E-state index contributed by atoms with van der Waals surface area (Å²) in [5.74, 6) is 0. The molecule has 0 N–H and O–H groups in total. The highest BCUT2D eigenvalue weighted by Crippen LogP contribution is 2.46. The predicted octanol–water partition coefficient (Wildman–Crippen LogP) is 3.28. The van der Waals surface area contributed by atoms with E-state index < -0.39 is 5.67 Å². The molecule has 0 radical (unpaired) electrons. The third kappa shape index (κ3) is 1.54. The van der Waals surface area contributed by atoms with Gasteiger partial charge in [0, 0.05) is 22.3 Å². The van der Waals surface area contributed by atoms with Crippen molar-refractivity contribution in [2.75, 3.05) is 0 Å². The number of hydrogen-bond acceptors (Lipinski definition) is 2. The lowest BCUT2D eigenvalue weighted by Crippen LogP contribution is -2.30. The van der Waals surface area contributed by atoms with E-state index in [0.717, 1.165) is 29.0 Å². The van der Waals surface area contributed by atoms with Gasteiger partial charge in [-0.15, -0.1) is 12.6 Å². The number of rotatable bonds is 2. The minimum Gasteiger partial charge on any atom is -0.260 e. The van der Waals surface area contributed by atoms with Gasteiger partial charge in [-0.1, -0.05) is 6.92 Å². The summed E-state index contributed by atoms with van der Waals surface area (Å²) in [6.45, 7) is 2.01. The van der Waals surface area contributed by atoms with Crippen molar-refractivity contribution >= 4 is 12.6 Å². The molecule has 0 atom stereocenters. The van der Waals surface area contributed by atoms with Crippen LogP contribution >= 0.6 is 12.6 Å². The highest BCUT2D eigenvalue weighted by Gasteiger charge is 2.40. The molecule has 3 heteroatoms. The molecule has 14 heavy (non-hydrogen) atoms. The van der Waals surface area contributed by atoms with E-state index in [1.165, 1.54) is 0 Å². The van der Waals surface area contributed by atoms with Crippen molar-refractivity contribution in [2.24, 2.45) is 0 Å². The van der Waals surface area contributed by atoms with Crippen molar-refractivity contribution in [2.45, 2.75) is 43.2 Å². The monoisotopic (exact) mass is 211 g/mol. The molecular formula is C11H14FNS. The molecule has 1 fully saturated rings. The molecule has 1 heterocycles. The Morgan fingerprint density at radius 1 is 1.57 bits per heavy atom. The molecule has 76 valence electrons. The van der Waals surface area contributed by atoms with E-state index >= 15 is 0 Å². The van der Waals surface area contributed by atoms with Crippen LogP contribution in [0.3, 0.4) is 0 Å². The largest absolute Gasteiger partial charge is 0.260 e. The van der Waals surface area contributed by atoms with Crippen LogP contribution in [0, 0.1) is 0 Å². The van der Waals surface area contributed by atoms with Crippen LogP contribution in [0.5, 0.6) is 0 Å². The Morgan fingerprint density at radius 2 is 2.29 bits per heavy atom. The third-order valence-corrected chi connectivity index (χ3v) is 3.16. The van der Waals surface area contributed by atoms with Crippen LogP contribution < -0.4 is 0 Å². The van der Waals surface area contributed by atoms with E-state index in [1.807, 2.05) is 13.0 Å². The van der Waals surface area contributed by atoms with Gasteiger partial charge in [0.25, 0.3) is 0 Å². The second kappa shape index (κ2) is 3.54. The molecule has 0 aliphatic heterocycles. The van der Waals surface area contributed by atoms with Crippen LogP contribution in [0.1, 0.15) is 37.4 Å². The molecule has 1 aromatic heterocycles. The van der Waals surface area contributed by atoms with Crippen LogP contribution in [0.15, 0.2) is 17.2 Å². The van der Waals surface area contributed by atoms with Crippen LogP contribution in [0.2, 0.25) is 0 Å². The maximum absolute atomic E-state index is 14.2. The molecular weight excluding hydrogens is 197 g/mol. The lowest BCUT2D eigenvalue weighted by Gasteiger charge is -2.35. The molecule has 1 aromatic rings. The number of aromatic nitrogens is 1. The first-order valence-electron chi connectivity index (χ1n) is 5.03. The van der Waals surface area contributed by atoms with Crippen molar-refractivity contribution in [1.29, 1.82) is 0 Å². The molecule has 1 saturated carbocycles. The zero-order valence-electron chi connectivity index (χ0n) is 8.26. The van der Waals surface area contributed by atoms with E-state index in [0.29, 0.717) is 12.8 Å². The zero-order valence-corrected chi connectivity index (χ0v) is 9.15. The number of pyridine rings is 1. The molecule has 1 aliphatic rings. The molecule has 0 saturated heterocycles. The van der Waals surface area contributed by atoms with Gasteiger partial charge in [0.1, 0.15) is 5.67 Å². The van der Waals surface area contributed by atoms with Gasteiger partial charge in [-0.3, -0.25) is 4.98 Å². The standard InChI is InChI=1S/C11H14FNS/c1-2-10-9(6-8(14)7-13-10)11(12)4-3-5-11/h6-7,14H,2-5H2,1H3. The summed E-state index contributed by atoms with van der Waals surface area (Å²) in [4.78, 5) is 4.98. The Hall–Kier alpha value is -0.570. The number of nitrogens with zero attached hydrogens (tertiary/aromatic N) is 1. The molecule has 2 rings (SSSR count). The summed E-state index contributed by atoms with van der Waals surface area (Å²) < 4.78 is 14.2. The van der Waals surface area contributed by atoms with Crippen LogP contribution in [-0.2, 0) is 12.1 Å². The van der Waals surface area contributed by atoms with Crippen LogP contribution in [0.4, 0.5) is 4.39 Å². The van der Waals surface area contributed by atoms with Gasteiger partial charge in [-0.05, 0) is 31.7 Å². The zero-order chi connectivity index (χ0) is 10.2. The topological polar surface area (TPSA) is 12.9 Å². The lowest BCUT2D eigenvalue weighted by atomic mass is 9.76. The smallest absolute Gasteiger partial charge is 0.137 e. The van der Waals surface area contributed by atoms with Gasteiger partial charge in [-0.25, -0.2) is 4.39 Å². The number of thiol groups is 1. The summed E-state index contributed by atoms with van der Waals surface area (Å²) in [6, 6.07) is 1.83. The molecule has 0 unspecified atom stereocenters. The van der Waals surface area contributed by atoms with E-state index in [2.05, 4.69) is 17.6 Å². The highest BCUT2D eigenvalue weighted by molar-refractivity contribution is 7.80. The number of aryl methyl sites for hydroxylation is 1. The van der Waals surface area contributed by atoms with Crippen LogP contribution in [0.25, 0.3) is 0 Å². The summed E-state index contributed by atoms with van der Waals surface area (Å²) >= 11 is 4.21. The Balaban J connectivity index is 2.43. The van der Waals surface area contributed by atoms with Gasteiger partial charge < -0.3 is 0 Å². The maximum atomic E-state index is 14.2. The quantitative estimate of drug-likeness (QED) is 0.741. The SMILES string of the molecule is CCc1ncc(S)cc1C1(F)CCC1. The van der Waals surface area contributed by atoms with Crippen LogP contribution in [-0.4, -0.2) is 4.98 Å². The Labute approximate surface area is 89.2 Å². The second-order valence-corrected chi connectivity index (χ2v) is 4.38. The van der Waals surface area contributed by atoms with Crippen molar-refractivity contribution in [3.63, 3.8) is 0 Å². The van der Waals surface area contributed by atoms with Crippen molar-refractivity contribution in [1.82, 2.24) is 4.98 Å². The fourth-order valence-corrected chi connectivity index (χ4v) is 2.10. The molecule has 0 spiro atoms. The Bertz CT molecular complexity index is 347. The van der Waals surface area contributed by atoms with Gasteiger partial charge in [0.05, 0.1) is 0 Å². The fraction of sp³-hybridized carbons (Fsp3) is 0.545. The first kappa shape index (κ1) is 9.97. The average Bonchev–Trinajstić information content (AvgIpc) is 2.14. The van der Waals surface area contributed by atoms with E-state index in [9.17, 15) is 4.39 Å². The molecule has 0 bridgehead atoms. The minimum atomic E-state index is -1.11. The Morgan fingerprint density at radius 3 is 2.79 bits per heavy atom. The minimum absolute atomic E-state index is 0.638. The van der Waals surface area contributed by atoms with Crippen molar-refractivity contribution < 1.29 is 4.39 Å². The first-order chi connectivity index (χ1) is 6.65. The van der Waals surface area contributed by atoms with Gasteiger partial charge in [0.15, 0.2) is 0 Å². The Kier molecular flexibility index (Phi) is 2.52. The maximum Gasteiger partial charge on any atom is 0.137 e. The van der Waals surface area contributed by atoms with Crippen molar-refractivity contribution in [3.05, 3.63) is 23.5 Å². The molecule has 1 aliphatic carbocycles. The van der Waals surface area contributed by atoms with Crippen molar-refractivity contribution in [3.8, 4) is 0 Å². The van der Waals surface area contributed by atoms with E-state index in [1.54, 1.807) is 6.20 Å². The fourth-order valence-electron chi connectivity index (χ4n) is 1.91. The first-order valence-corrected chi connectivity index (χ1v) is 5.48. The molecule has 0 amide bonds. The van der Waals surface area contributed by atoms with Gasteiger partial charge in [-0.2, -0.15) is 0 Å². The van der Waals surface area contributed by atoms with Gasteiger partial charge >= 0.3 is 0 Å². The predicted molar refractivity (Wildman–Crippen MR) is 57.5 cm³/mol. The highest BCUT2D eigenvalue weighted by atomic mass is 32.1. The summed E-state index contributed by atoms with van der Waals surface area (Å²) in [7, 11) is 0. The summed E-state index contributed by atoms with van der Waals surface area (Å²) in [5.41, 5.74) is 0.528. The number of alkyl halides is 1. The second-order valence-electron chi connectivity index (χ2n) is 3.86. The summed E-state index contributed by atoms with van der Waals surface area (Å²) in [6.07, 6.45) is 4.73. The third-order valence-electron chi connectivity index (χ3n) is 2.92. The van der Waals surface area contributed by atoms with Gasteiger partial charge in [0.2, 0.25) is 0 Å². The summed E-state index contributed by atoms with van der Waals surface area (Å²) in [5, 5.41) is 0. The normalized spacial score (nSPS) is 19.1. The number of hydrogen-bond donors (Lipinski definition) is 1. The van der Waals surface area contributed by atoms with E-state index in [4.69, 9.17) is 0 Å². The number of halogens is 1.